The predicted molar refractivity (Wildman–Crippen MR) is 80.7 cm³/mol. The second-order valence-electron chi connectivity index (χ2n) is 6.54. The van der Waals surface area contributed by atoms with Crippen LogP contribution in [0.2, 0.25) is 0 Å². The van der Waals surface area contributed by atoms with E-state index in [0.717, 1.165) is 0 Å². The molecule has 0 saturated heterocycles. The van der Waals surface area contributed by atoms with Gasteiger partial charge in [-0.05, 0) is 47.6 Å². The Bertz CT molecular complexity index is 550. The molecule has 0 unspecified atom stereocenters. The van der Waals surface area contributed by atoms with Crippen LogP contribution >= 0.6 is 0 Å². The van der Waals surface area contributed by atoms with E-state index in [1.165, 1.54) is 6.20 Å². The van der Waals surface area contributed by atoms with Crippen molar-refractivity contribution in [3.63, 3.8) is 0 Å². The third-order valence-electron chi connectivity index (χ3n) is 1.97. The fourth-order valence-electron chi connectivity index (χ4n) is 1.32. The van der Waals surface area contributed by atoms with Crippen molar-refractivity contribution in [1.29, 1.82) is 0 Å². The van der Waals surface area contributed by atoms with Gasteiger partial charge >= 0.3 is 12.2 Å². The molecule has 1 aromatic heterocycles. The summed E-state index contributed by atoms with van der Waals surface area (Å²) in [7, 11) is 0. The minimum atomic E-state index is -0.826. The molecule has 0 saturated carbocycles. The fraction of sp³-hybridized carbons (Fsp3) is 0.571. The minimum absolute atomic E-state index is 0.0269. The van der Waals surface area contributed by atoms with Gasteiger partial charge in [0.2, 0.25) is 0 Å². The molecule has 0 aliphatic heterocycles. The van der Waals surface area contributed by atoms with Crippen LogP contribution in [-0.4, -0.2) is 39.4 Å². The zero-order chi connectivity index (χ0) is 17.0. The molecule has 22 heavy (non-hydrogen) atoms. The molecule has 0 spiro atoms. The molecule has 0 atom stereocenters. The van der Waals surface area contributed by atoms with E-state index in [9.17, 15) is 9.59 Å². The summed E-state index contributed by atoms with van der Waals surface area (Å²) >= 11 is 0. The second-order valence-corrected chi connectivity index (χ2v) is 6.54. The Balaban J connectivity index is 2.91. The molecule has 1 aromatic rings. The standard InChI is InChI=1S/C14H22N4O4/c1-13(2,3)21-11(19)16-10(9-7-8-15-18-9)17-12(20)22-14(4,5)6/h7-8H,1-6H3,(H,15,18)(H,16,17,19,20). The average molecular weight is 310 g/mol. The lowest BCUT2D eigenvalue weighted by Gasteiger charge is -2.20. The summed E-state index contributed by atoms with van der Waals surface area (Å²) in [5.41, 5.74) is -1.00. The molecule has 1 rings (SSSR count). The van der Waals surface area contributed by atoms with Gasteiger partial charge in [-0.3, -0.25) is 10.4 Å². The molecule has 8 nitrogen and oxygen atoms in total. The van der Waals surface area contributed by atoms with Crippen LogP contribution in [0.5, 0.6) is 0 Å². The zero-order valence-corrected chi connectivity index (χ0v) is 13.7. The molecular formula is C14H22N4O4. The first-order valence-corrected chi connectivity index (χ1v) is 6.78. The number of ether oxygens (including phenoxy) is 2. The Kier molecular flexibility index (Phi) is 5.29. The van der Waals surface area contributed by atoms with Crippen molar-refractivity contribution in [2.24, 2.45) is 4.99 Å². The van der Waals surface area contributed by atoms with Crippen molar-refractivity contribution >= 4 is 18.0 Å². The lowest BCUT2D eigenvalue weighted by Crippen LogP contribution is -2.37. The van der Waals surface area contributed by atoms with Gasteiger partial charge in [-0.1, -0.05) is 0 Å². The number of carbonyl (C=O) groups is 2. The fourth-order valence-corrected chi connectivity index (χ4v) is 1.32. The molecule has 0 radical (unpaired) electrons. The highest BCUT2D eigenvalue weighted by Crippen LogP contribution is 2.09. The van der Waals surface area contributed by atoms with Crippen LogP contribution in [0.25, 0.3) is 0 Å². The molecule has 0 aliphatic rings. The van der Waals surface area contributed by atoms with Gasteiger partial charge in [0.1, 0.15) is 16.9 Å². The van der Waals surface area contributed by atoms with E-state index in [-0.39, 0.29) is 5.84 Å². The van der Waals surface area contributed by atoms with E-state index < -0.39 is 23.4 Å². The van der Waals surface area contributed by atoms with Crippen molar-refractivity contribution < 1.29 is 19.1 Å². The van der Waals surface area contributed by atoms with E-state index in [0.29, 0.717) is 5.69 Å². The summed E-state index contributed by atoms with van der Waals surface area (Å²) in [6, 6.07) is 1.56. The summed E-state index contributed by atoms with van der Waals surface area (Å²) < 4.78 is 10.2. The van der Waals surface area contributed by atoms with Crippen LogP contribution in [0, 0.1) is 0 Å². The number of aromatic nitrogens is 2. The normalized spacial score (nSPS) is 12.7. The molecule has 0 aromatic carbocycles. The first-order valence-electron chi connectivity index (χ1n) is 6.78. The Hall–Kier alpha value is -2.38. The van der Waals surface area contributed by atoms with Gasteiger partial charge in [0.15, 0.2) is 5.84 Å². The van der Waals surface area contributed by atoms with E-state index in [1.807, 2.05) is 0 Å². The van der Waals surface area contributed by atoms with Gasteiger partial charge in [0.25, 0.3) is 0 Å². The van der Waals surface area contributed by atoms with Gasteiger partial charge in [-0.2, -0.15) is 10.1 Å². The molecule has 1 heterocycles. The Morgan fingerprint density at radius 2 is 1.73 bits per heavy atom. The molecular weight excluding hydrogens is 288 g/mol. The number of H-pyrrole nitrogens is 1. The summed E-state index contributed by atoms with van der Waals surface area (Å²) in [6.07, 6.45) is -0.0888. The van der Waals surface area contributed by atoms with Gasteiger partial charge in [0.05, 0.1) is 0 Å². The maximum atomic E-state index is 11.8. The van der Waals surface area contributed by atoms with Gasteiger partial charge in [-0.15, -0.1) is 0 Å². The highest BCUT2D eigenvalue weighted by molar-refractivity contribution is 6.08. The van der Waals surface area contributed by atoms with E-state index in [1.54, 1.807) is 47.6 Å². The topological polar surface area (TPSA) is 106 Å². The summed E-state index contributed by atoms with van der Waals surface area (Å²) in [6.45, 7) is 10.3. The second kappa shape index (κ2) is 6.59. The maximum Gasteiger partial charge on any atom is 0.436 e. The van der Waals surface area contributed by atoms with Crippen LogP contribution in [0.4, 0.5) is 9.59 Å². The van der Waals surface area contributed by atoms with Crippen LogP contribution in [0.3, 0.4) is 0 Å². The van der Waals surface area contributed by atoms with E-state index in [2.05, 4.69) is 20.5 Å². The molecule has 2 amide bonds. The number of carbonyl (C=O) groups excluding carboxylic acids is 2. The van der Waals surface area contributed by atoms with Crippen LogP contribution < -0.4 is 5.32 Å². The van der Waals surface area contributed by atoms with Crippen molar-refractivity contribution in [3.05, 3.63) is 18.0 Å². The van der Waals surface area contributed by atoms with Gasteiger partial charge < -0.3 is 9.47 Å². The van der Waals surface area contributed by atoms with Crippen LogP contribution in [0.1, 0.15) is 47.2 Å². The monoisotopic (exact) mass is 310 g/mol. The number of amidine groups is 1. The first-order chi connectivity index (χ1) is 9.96. The number of nitrogens with one attached hydrogen (secondary N) is 2. The Labute approximate surface area is 129 Å². The average Bonchev–Trinajstić information content (AvgIpc) is 2.75. The van der Waals surface area contributed by atoms with E-state index >= 15 is 0 Å². The molecule has 122 valence electrons. The quantitative estimate of drug-likeness (QED) is 0.612. The van der Waals surface area contributed by atoms with Crippen LogP contribution in [-0.2, 0) is 9.47 Å². The largest absolute Gasteiger partial charge is 0.444 e. The molecule has 2 N–H and O–H groups in total. The predicted octanol–water partition coefficient (Wildman–Crippen LogP) is 2.62. The Morgan fingerprint density at radius 3 is 2.18 bits per heavy atom. The van der Waals surface area contributed by atoms with Crippen molar-refractivity contribution in [2.75, 3.05) is 0 Å². The Morgan fingerprint density at radius 1 is 1.14 bits per heavy atom. The van der Waals surface area contributed by atoms with Crippen molar-refractivity contribution in [2.45, 2.75) is 52.7 Å². The van der Waals surface area contributed by atoms with E-state index in [4.69, 9.17) is 9.47 Å². The molecule has 8 heteroatoms. The molecule has 0 fully saturated rings. The third-order valence-corrected chi connectivity index (χ3v) is 1.97. The lowest BCUT2D eigenvalue weighted by molar-refractivity contribution is 0.0562. The van der Waals surface area contributed by atoms with Crippen molar-refractivity contribution in [3.8, 4) is 0 Å². The number of rotatable bonds is 1. The molecule has 0 aliphatic carbocycles. The summed E-state index contributed by atoms with van der Waals surface area (Å²) in [5, 5.41) is 8.78. The SMILES string of the molecule is CC(C)(C)OC(=O)N=C(NC(=O)OC(C)(C)C)c1ccn[nH]1. The number of alkyl carbamates (subject to hydrolysis) is 1. The first kappa shape index (κ1) is 17.7. The number of hydrogen-bond acceptors (Lipinski definition) is 5. The maximum absolute atomic E-state index is 11.8. The molecule has 0 bridgehead atoms. The third kappa shape index (κ3) is 6.87. The van der Waals surface area contributed by atoms with Crippen LogP contribution in [0.15, 0.2) is 17.3 Å². The number of amides is 2. The lowest BCUT2D eigenvalue weighted by atomic mass is 10.2. The van der Waals surface area contributed by atoms with Crippen molar-refractivity contribution in [1.82, 2.24) is 15.5 Å². The summed E-state index contributed by atoms with van der Waals surface area (Å²) in [5.74, 6) is -0.0269. The number of nitrogens with zero attached hydrogens (tertiary/aromatic N) is 2. The number of aromatic amines is 1. The highest BCUT2D eigenvalue weighted by atomic mass is 16.6. The zero-order valence-electron chi connectivity index (χ0n) is 13.7. The van der Waals surface area contributed by atoms with Gasteiger partial charge in [-0.25, -0.2) is 9.59 Å². The highest BCUT2D eigenvalue weighted by Gasteiger charge is 2.21. The number of hydrogen-bond donors (Lipinski definition) is 2. The van der Waals surface area contributed by atoms with Gasteiger partial charge in [0, 0.05) is 6.20 Å². The number of aliphatic imine (C=N–C) groups is 1. The minimum Gasteiger partial charge on any atom is -0.444 e. The smallest absolute Gasteiger partial charge is 0.436 e. The summed E-state index contributed by atoms with van der Waals surface area (Å²) in [4.78, 5) is 27.4.